The lowest BCUT2D eigenvalue weighted by Gasteiger charge is -2.29. The Morgan fingerprint density at radius 1 is 1.39 bits per heavy atom. The minimum absolute atomic E-state index is 0.0451. The molecule has 0 spiro atoms. The highest BCUT2D eigenvalue weighted by Crippen LogP contribution is 2.07. The summed E-state index contributed by atoms with van der Waals surface area (Å²) in [5, 5.41) is 11.4. The van der Waals surface area contributed by atoms with Crippen LogP contribution in [-0.4, -0.2) is 68.0 Å². The minimum Gasteiger partial charge on any atom is -0.394 e. The number of nitrogens with one attached hydrogen (secondary N) is 1. The fourth-order valence-electron chi connectivity index (χ4n) is 1.94. The number of hydrogen-bond donors (Lipinski definition) is 3. The van der Waals surface area contributed by atoms with Crippen LogP contribution in [-0.2, 0) is 9.53 Å². The topological polar surface area (TPSA) is 87.8 Å². The van der Waals surface area contributed by atoms with Crippen LogP contribution >= 0.6 is 0 Å². The Bertz CT molecular complexity index is 231. The van der Waals surface area contributed by atoms with Crippen LogP contribution in [0.25, 0.3) is 0 Å². The zero-order chi connectivity index (χ0) is 13.2. The number of amides is 1. The lowest BCUT2D eigenvalue weighted by atomic mass is 10.1. The number of carbonyl (C=O) groups excluding carboxylic acids is 1. The summed E-state index contributed by atoms with van der Waals surface area (Å²) in [6, 6.07) is 0.299. The molecule has 1 aliphatic rings. The van der Waals surface area contributed by atoms with Crippen molar-refractivity contribution in [1.29, 1.82) is 0 Å². The molecule has 0 aromatic heterocycles. The molecule has 4 N–H and O–H groups in total. The number of carbonyl (C=O) groups is 1. The summed E-state index contributed by atoms with van der Waals surface area (Å²) in [7, 11) is 0. The van der Waals surface area contributed by atoms with Gasteiger partial charge in [0.1, 0.15) is 0 Å². The number of nitrogens with zero attached hydrogens (tertiary/aromatic N) is 1. The van der Waals surface area contributed by atoms with E-state index >= 15 is 0 Å². The first-order valence-electron chi connectivity index (χ1n) is 6.65. The van der Waals surface area contributed by atoms with Crippen molar-refractivity contribution in [3.63, 3.8) is 0 Å². The molecule has 0 atom stereocenters. The van der Waals surface area contributed by atoms with E-state index in [4.69, 9.17) is 15.6 Å². The predicted molar refractivity (Wildman–Crippen MR) is 69.2 cm³/mol. The Morgan fingerprint density at radius 2 is 2.11 bits per heavy atom. The second kappa shape index (κ2) is 9.27. The number of aliphatic hydroxyl groups excluding tert-OH is 1. The fraction of sp³-hybridized carbons (Fsp3) is 0.917. The monoisotopic (exact) mass is 259 g/mol. The maximum atomic E-state index is 11.6. The second-order valence-corrected chi connectivity index (χ2v) is 4.65. The third kappa shape index (κ3) is 6.90. The molecular weight excluding hydrogens is 234 g/mol. The van der Waals surface area contributed by atoms with Crippen molar-refractivity contribution in [1.82, 2.24) is 10.2 Å². The summed E-state index contributed by atoms with van der Waals surface area (Å²) in [5.74, 6) is 0.0626. The summed E-state index contributed by atoms with van der Waals surface area (Å²) in [5.41, 5.74) is 5.81. The van der Waals surface area contributed by atoms with Gasteiger partial charge in [0.25, 0.3) is 0 Å². The van der Waals surface area contributed by atoms with E-state index in [1.165, 1.54) is 0 Å². The van der Waals surface area contributed by atoms with E-state index < -0.39 is 0 Å². The lowest BCUT2D eigenvalue weighted by molar-refractivity contribution is -0.122. The van der Waals surface area contributed by atoms with Gasteiger partial charge in [0, 0.05) is 32.3 Å². The van der Waals surface area contributed by atoms with Gasteiger partial charge in [-0.25, -0.2) is 0 Å². The summed E-state index contributed by atoms with van der Waals surface area (Å²) in [6.07, 6.45) is 2.72. The number of hydrogen-bond acceptors (Lipinski definition) is 5. The quantitative estimate of drug-likeness (QED) is 0.483. The molecule has 0 saturated carbocycles. The van der Waals surface area contributed by atoms with Gasteiger partial charge < -0.3 is 20.9 Å². The van der Waals surface area contributed by atoms with Crippen LogP contribution < -0.4 is 11.1 Å². The van der Waals surface area contributed by atoms with Gasteiger partial charge >= 0.3 is 0 Å². The van der Waals surface area contributed by atoms with E-state index in [2.05, 4.69) is 10.2 Å². The van der Waals surface area contributed by atoms with Crippen molar-refractivity contribution in [2.24, 2.45) is 5.73 Å². The molecule has 0 radical (unpaired) electrons. The number of rotatable bonds is 8. The molecule has 0 aromatic rings. The minimum atomic E-state index is 0.0451. The van der Waals surface area contributed by atoms with Gasteiger partial charge in [-0.1, -0.05) is 0 Å². The summed E-state index contributed by atoms with van der Waals surface area (Å²) < 4.78 is 5.10. The fourth-order valence-corrected chi connectivity index (χ4v) is 1.94. The van der Waals surface area contributed by atoms with Gasteiger partial charge in [-0.05, 0) is 19.3 Å². The van der Waals surface area contributed by atoms with Gasteiger partial charge in [-0.3, -0.25) is 9.69 Å². The Kier molecular flexibility index (Phi) is 7.91. The summed E-state index contributed by atoms with van der Waals surface area (Å²) >= 11 is 0. The van der Waals surface area contributed by atoms with Crippen molar-refractivity contribution in [3.05, 3.63) is 0 Å². The number of piperidine rings is 1. The van der Waals surface area contributed by atoms with Crippen LogP contribution in [0, 0.1) is 0 Å². The smallest absolute Gasteiger partial charge is 0.234 e. The van der Waals surface area contributed by atoms with Crippen molar-refractivity contribution in [3.8, 4) is 0 Å². The molecule has 1 rings (SSSR count). The molecule has 0 bridgehead atoms. The van der Waals surface area contributed by atoms with Crippen molar-refractivity contribution in [2.75, 3.05) is 46.0 Å². The molecule has 0 unspecified atom stereocenters. The zero-order valence-corrected chi connectivity index (χ0v) is 10.9. The third-order valence-corrected chi connectivity index (χ3v) is 3.02. The maximum absolute atomic E-state index is 11.6. The highest BCUT2D eigenvalue weighted by Gasteiger charge is 2.17. The normalized spacial score (nSPS) is 17.9. The van der Waals surface area contributed by atoms with Gasteiger partial charge in [0.05, 0.1) is 19.8 Å². The molecule has 1 fully saturated rings. The molecule has 0 aliphatic carbocycles. The van der Waals surface area contributed by atoms with E-state index in [1.54, 1.807) is 0 Å². The molecule has 6 nitrogen and oxygen atoms in total. The van der Waals surface area contributed by atoms with Crippen LogP contribution in [0.3, 0.4) is 0 Å². The zero-order valence-electron chi connectivity index (χ0n) is 10.9. The van der Waals surface area contributed by atoms with E-state index in [0.29, 0.717) is 32.3 Å². The number of ether oxygens (including phenoxy) is 1. The van der Waals surface area contributed by atoms with Gasteiger partial charge in [0.2, 0.25) is 5.91 Å². The molecule has 6 heteroatoms. The van der Waals surface area contributed by atoms with Crippen LogP contribution in [0.4, 0.5) is 0 Å². The van der Waals surface area contributed by atoms with Crippen molar-refractivity contribution < 1.29 is 14.6 Å². The van der Waals surface area contributed by atoms with E-state index in [0.717, 1.165) is 32.4 Å². The SMILES string of the molecule is NC1CCN(CC(=O)NCCCOCCO)CC1. The molecule has 0 aromatic carbocycles. The average Bonchev–Trinajstić information content (AvgIpc) is 2.36. The molecular formula is C12H25N3O3. The Morgan fingerprint density at radius 3 is 2.78 bits per heavy atom. The third-order valence-electron chi connectivity index (χ3n) is 3.02. The predicted octanol–water partition coefficient (Wildman–Crippen LogP) is -1.08. The van der Waals surface area contributed by atoms with Crippen LogP contribution in [0.1, 0.15) is 19.3 Å². The van der Waals surface area contributed by atoms with E-state index in [1.807, 2.05) is 0 Å². The maximum Gasteiger partial charge on any atom is 0.234 e. The molecule has 1 saturated heterocycles. The van der Waals surface area contributed by atoms with Crippen molar-refractivity contribution >= 4 is 5.91 Å². The van der Waals surface area contributed by atoms with E-state index in [9.17, 15) is 4.79 Å². The number of nitrogens with two attached hydrogens (primary N) is 1. The Labute approximate surface area is 108 Å². The van der Waals surface area contributed by atoms with E-state index in [-0.39, 0.29) is 12.5 Å². The second-order valence-electron chi connectivity index (χ2n) is 4.65. The van der Waals surface area contributed by atoms with Crippen LogP contribution in [0.15, 0.2) is 0 Å². The van der Waals surface area contributed by atoms with Crippen LogP contribution in [0.5, 0.6) is 0 Å². The standard InChI is InChI=1S/C12H25N3O3/c13-11-2-5-15(6-3-11)10-12(17)14-4-1-8-18-9-7-16/h11,16H,1-10,13H2,(H,14,17). The summed E-state index contributed by atoms with van der Waals surface area (Å²) in [6.45, 7) is 3.88. The molecule has 1 amide bonds. The Balaban J connectivity index is 1.97. The molecule has 106 valence electrons. The van der Waals surface area contributed by atoms with Gasteiger partial charge in [-0.15, -0.1) is 0 Å². The number of likely N-dealkylation sites (tertiary alicyclic amines) is 1. The first-order valence-corrected chi connectivity index (χ1v) is 6.65. The highest BCUT2D eigenvalue weighted by atomic mass is 16.5. The molecule has 1 heterocycles. The first-order chi connectivity index (χ1) is 8.72. The van der Waals surface area contributed by atoms with Gasteiger partial charge in [-0.2, -0.15) is 0 Å². The molecule has 1 aliphatic heterocycles. The largest absolute Gasteiger partial charge is 0.394 e. The van der Waals surface area contributed by atoms with Crippen molar-refractivity contribution in [2.45, 2.75) is 25.3 Å². The average molecular weight is 259 g/mol. The highest BCUT2D eigenvalue weighted by molar-refractivity contribution is 5.77. The summed E-state index contributed by atoms with van der Waals surface area (Å²) in [4.78, 5) is 13.8. The van der Waals surface area contributed by atoms with Gasteiger partial charge in [0.15, 0.2) is 0 Å². The number of aliphatic hydroxyl groups is 1. The lowest BCUT2D eigenvalue weighted by Crippen LogP contribution is -2.44. The van der Waals surface area contributed by atoms with Crippen LogP contribution in [0.2, 0.25) is 0 Å². The first kappa shape index (κ1) is 15.4. The Hall–Kier alpha value is -0.690. The molecule has 18 heavy (non-hydrogen) atoms.